The van der Waals surface area contributed by atoms with Crippen molar-refractivity contribution >= 4 is 46.9 Å². The van der Waals surface area contributed by atoms with E-state index in [1.165, 1.54) is 18.4 Å². The van der Waals surface area contributed by atoms with Gasteiger partial charge in [-0.2, -0.15) is 13.2 Å². The Labute approximate surface area is 385 Å². The molecule has 0 spiro atoms. The number of hydrogen-bond acceptors (Lipinski definition) is 9. The van der Waals surface area contributed by atoms with Crippen molar-refractivity contribution in [2.24, 2.45) is 13.0 Å². The number of halogens is 5. The first-order valence-corrected chi connectivity index (χ1v) is 22.1. The number of carboxylic acids is 1. The number of amides is 3. The molecular formula is C46H54Cl2F3N7O7. The second-order valence-electron chi connectivity index (χ2n) is 16.8. The number of aromatic nitrogens is 2. The van der Waals surface area contributed by atoms with Crippen LogP contribution in [0.1, 0.15) is 56.0 Å². The number of carboxylic acid groups (broad SMARTS) is 1. The number of piperidine rings is 1. The van der Waals surface area contributed by atoms with Crippen LogP contribution in [0.4, 0.5) is 13.2 Å². The zero-order valence-corrected chi connectivity index (χ0v) is 37.9. The molecule has 4 atom stereocenters. The molecule has 4 N–H and O–H groups in total. The number of nitrogens with one attached hydrogen (secondary N) is 3. The molecule has 0 aliphatic carbocycles. The maximum atomic E-state index is 14.1. The van der Waals surface area contributed by atoms with E-state index in [0.29, 0.717) is 45.5 Å². The van der Waals surface area contributed by atoms with E-state index >= 15 is 0 Å². The minimum Gasteiger partial charge on any atom is -0.481 e. The summed E-state index contributed by atoms with van der Waals surface area (Å²) in [6.07, 6.45) is -3.56. The summed E-state index contributed by atoms with van der Waals surface area (Å²) in [6, 6.07) is 17.5. The minimum absolute atomic E-state index is 0.0605. The van der Waals surface area contributed by atoms with Gasteiger partial charge in [-0.05, 0) is 99.8 Å². The summed E-state index contributed by atoms with van der Waals surface area (Å²) in [5.74, 6) is -3.51. The lowest BCUT2D eigenvalue weighted by Gasteiger charge is -2.45. The van der Waals surface area contributed by atoms with E-state index in [1.54, 1.807) is 49.4 Å². The van der Waals surface area contributed by atoms with Crippen molar-refractivity contribution in [1.29, 1.82) is 0 Å². The van der Waals surface area contributed by atoms with Crippen molar-refractivity contribution < 1.29 is 46.9 Å². The monoisotopic (exact) mass is 943 g/mol. The molecule has 4 unspecified atom stereocenters. The molecule has 3 aromatic carbocycles. The second kappa shape index (κ2) is 21.9. The lowest BCUT2D eigenvalue weighted by atomic mass is 9.82. The van der Waals surface area contributed by atoms with Gasteiger partial charge in [-0.25, -0.2) is 4.98 Å². The number of hydrogen-bond donors (Lipinski definition) is 4. The summed E-state index contributed by atoms with van der Waals surface area (Å²) in [5.41, 5.74) is 2.16. The van der Waals surface area contributed by atoms with Crippen LogP contribution in [0.3, 0.4) is 0 Å². The van der Waals surface area contributed by atoms with Gasteiger partial charge in [0.05, 0.1) is 55.4 Å². The lowest BCUT2D eigenvalue weighted by Crippen LogP contribution is -2.65. The topological polar surface area (TPSA) is 167 Å². The fourth-order valence-corrected chi connectivity index (χ4v) is 8.43. The van der Waals surface area contributed by atoms with Gasteiger partial charge in [0.2, 0.25) is 17.7 Å². The van der Waals surface area contributed by atoms with Crippen molar-refractivity contribution in [3.63, 3.8) is 0 Å². The quantitative estimate of drug-likeness (QED) is 0.0744. The summed E-state index contributed by atoms with van der Waals surface area (Å²) < 4.78 is 54.2. The van der Waals surface area contributed by atoms with E-state index < -0.39 is 66.2 Å². The summed E-state index contributed by atoms with van der Waals surface area (Å²) in [7, 11) is 3.37. The molecule has 2 saturated heterocycles. The summed E-state index contributed by atoms with van der Waals surface area (Å²) >= 11 is 12.5. The molecule has 0 saturated carbocycles. The summed E-state index contributed by atoms with van der Waals surface area (Å²) in [4.78, 5) is 61.1. The summed E-state index contributed by atoms with van der Waals surface area (Å²) in [6.45, 7) is 4.40. The fourth-order valence-electron chi connectivity index (χ4n) is 8.14. The normalized spacial score (nSPS) is 18.0. The Morgan fingerprint density at radius 2 is 1.66 bits per heavy atom. The first kappa shape index (κ1) is 49.2. The van der Waals surface area contributed by atoms with Gasteiger partial charge in [-0.15, -0.1) is 0 Å². The molecule has 1 aromatic heterocycles. The number of carbonyl (C=O) groups excluding carboxylic acids is 3. The Balaban J connectivity index is 1.11. The third kappa shape index (κ3) is 13.7. The minimum atomic E-state index is -4.78. The van der Waals surface area contributed by atoms with Gasteiger partial charge in [-0.1, -0.05) is 41.4 Å². The van der Waals surface area contributed by atoms with Gasteiger partial charge in [0, 0.05) is 55.0 Å². The number of likely N-dealkylation sites (tertiary alicyclic amines) is 2. The van der Waals surface area contributed by atoms with Crippen molar-refractivity contribution in [3.8, 4) is 22.8 Å². The standard InChI is InChI=1S/C46H54Cl2F3N7O7/c1-29(52-24-32-8-13-35(48)21-39(32)65-36-14-9-31(10-15-36)38-25-53-40(56(38)2)26-57-17-5-18-57)42(61)54-37(27-64-3)43(62)55-45(22-30-6-11-34(47)12-7-30)16-4-19-58(28-45)44(63)33(20-41(59)60)23-46(49,50)51/h6-15,21,25,29,33,37,52H,4-5,16-20,22-24,26-28H2,1-3H3,(H,54,61)(H,55,62)(H,59,60). The number of ether oxygens (including phenoxy) is 2. The molecule has 19 heteroatoms. The first-order valence-electron chi connectivity index (χ1n) is 21.4. The molecule has 4 aromatic rings. The maximum absolute atomic E-state index is 14.1. The smallest absolute Gasteiger partial charge is 0.389 e. The Kier molecular flexibility index (Phi) is 16.6. The lowest BCUT2D eigenvalue weighted by molar-refractivity contribution is -0.164. The Hall–Kier alpha value is -5.20. The Morgan fingerprint density at radius 3 is 2.31 bits per heavy atom. The average molecular weight is 945 g/mol. The third-order valence-electron chi connectivity index (χ3n) is 11.7. The number of aliphatic carboxylic acids is 1. The van der Waals surface area contributed by atoms with Crippen LogP contribution in [0.15, 0.2) is 72.9 Å². The number of methoxy groups -OCH3 is 1. The zero-order chi connectivity index (χ0) is 46.9. The van der Waals surface area contributed by atoms with Gasteiger partial charge in [0.15, 0.2) is 0 Å². The molecular weight excluding hydrogens is 890 g/mol. The number of carbonyl (C=O) groups is 4. The largest absolute Gasteiger partial charge is 0.481 e. The first-order chi connectivity index (χ1) is 30.9. The van der Waals surface area contributed by atoms with Crippen molar-refractivity contribution in [2.45, 2.75) is 82.3 Å². The molecule has 0 radical (unpaired) electrons. The molecule has 14 nitrogen and oxygen atoms in total. The van der Waals surface area contributed by atoms with Gasteiger partial charge in [-0.3, -0.25) is 24.1 Å². The van der Waals surface area contributed by atoms with Crippen molar-refractivity contribution in [2.75, 3.05) is 39.9 Å². The molecule has 65 heavy (non-hydrogen) atoms. The second-order valence-corrected chi connectivity index (χ2v) is 17.7. The predicted molar refractivity (Wildman–Crippen MR) is 238 cm³/mol. The van der Waals surface area contributed by atoms with Crippen molar-refractivity contribution in [1.82, 2.24) is 35.3 Å². The Bertz CT molecular complexity index is 2290. The van der Waals surface area contributed by atoms with Gasteiger partial charge < -0.3 is 40.0 Å². The molecule has 6 rings (SSSR count). The van der Waals surface area contributed by atoms with Crippen LogP contribution < -0.4 is 20.7 Å². The van der Waals surface area contributed by atoms with E-state index in [1.807, 2.05) is 37.5 Å². The highest BCUT2D eigenvalue weighted by Crippen LogP contribution is 2.33. The average Bonchev–Trinajstić information content (AvgIpc) is 3.60. The molecule has 3 amide bonds. The molecule has 2 aliphatic rings. The van der Waals surface area contributed by atoms with Gasteiger partial charge >= 0.3 is 12.1 Å². The van der Waals surface area contributed by atoms with Crippen LogP contribution in [0.5, 0.6) is 11.5 Å². The van der Waals surface area contributed by atoms with Crippen LogP contribution >= 0.6 is 23.2 Å². The van der Waals surface area contributed by atoms with E-state index in [2.05, 4.69) is 30.4 Å². The number of imidazole rings is 1. The van der Waals surface area contributed by atoms with E-state index in [4.69, 9.17) is 32.7 Å². The van der Waals surface area contributed by atoms with Crippen LogP contribution in [-0.2, 0) is 50.5 Å². The third-order valence-corrected chi connectivity index (χ3v) is 12.2. The van der Waals surface area contributed by atoms with Gasteiger partial charge in [0.25, 0.3) is 0 Å². The van der Waals surface area contributed by atoms with Gasteiger partial charge in [0.1, 0.15) is 23.4 Å². The van der Waals surface area contributed by atoms with E-state index in [0.717, 1.165) is 36.7 Å². The number of rotatable bonds is 20. The molecule has 350 valence electrons. The number of benzene rings is 3. The molecule has 3 heterocycles. The van der Waals surface area contributed by atoms with Crippen molar-refractivity contribution in [3.05, 3.63) is 99.9 Å². The van der Waals surface area contributed by atoms with Crippen LogP contribution in [0, 0.1) is 5.92 Å². The highest BCUT2D eigenvalue weighted by Gasteiger charge is 2.44. The highest BCUT2D eigenvalue weighted by atomic mass is 35.5. The zero-order valence-electron chi connectivity index (χ0n) is 36.4. The Morgan fingerprint density at radius 1 is 0.954 bits per heavy atom. The maximum Gasteiger partial charge on any atom is 0.389 e. The van der Waals surface area contributed by atoms with E-state index in [-0.39, 0.29) is 32.7 Å². The van der Waals surface area contributed by atoms with Crippen LogP contribution in [-0.4, -0.2) is 112 Å². The molecule has 0 bridgehead atoms. The predicted octanol–water partition coefficient (Wildman–Crippen LogP) is 6.76. The van der Waals surface area contributed by atoms with Crippen LogP contribution in [0.25, 0.3) is 11.3 Å². The van der Waals surface area contributed by atoms with Crippen LogP contribution in [0.2, 0.25) is 10.0 Å². The summed E-state index contributed by atoms with van der Waals surface area (Å²) in [5, 5.41) is 19.2. The number of alkyl halides is 3. The highest BCUT2D eigenvalue weighted by molar-refractivity contribution is 6.31. The SMILES string of the molecule is COCC(NC(=O)C(C)NCc1ccc(Cl)cc1Oc1ccc(-c2cnc(CN3CCC3)n2C)cc1)C(=O)NC1(Cc2ccc(Cl)cc2)CCCN(C(=O)C(CC(=O)O)CC(F)(F)F)C1. The number of nitrogens with zero attached hydrogens (tertiary/aromatic N) is 4. The van der Waals surface area contributed by atoms with E-state index in [9.17, 15) is 37.5 Å². The molecule has 2 aliphatic heterocycles. The molecule has 2 fully saturated rings. The fraction of sp³-hybridized carbons (Fsp3) is 0.457.